The van der Waals surface area contributed by atoms with Crippen LogP contribution in [0.1, 0.15) is 19.8 Å². The molecule has 1 amide bonds. The monoisotopic (exact) mass is 185 g/mol. The molecule has 0 aliphatic carbocycles. The summed E-state index contributed by atoms with van der Waals surface area (Å²) in [7, 11) is 1.36. The summed E-state index contributed by atoms with van der Waals surface area (Å²) in [5, 5.41) is 0. The molecule has 1 aliphatic heterocycles. The molecular weight excluding hydrogens is 170 g/mol. The molecule has 1 rings (SSSR count). The maximum atomic E-state index is 11.3. The summed E-state index contributed by atoms with van der Waals surface area (Å²) < 4.78 is 4.50. The smallest absolute Gasteiger partial charge is 0.307 e. The molecule has 1 heterocycles. The molecule has 13 heavy (non-hydrogen) atoms. The Bertz CT molecular complexity index is 215. The normalized spacial score (nSPS) is 22.2. The van der Waals surface area contributed by atoms with E-state index in [9.17, 15) is 9.59 Å². The van der Waals surface area contributed by atoms with E-state index < -0.39 is 0 Å². The number of ether oxygens (including phenoxy) is 1. The molecule has 0 aromatic carbocycles. The first-order valence-electron chi connectivity index (χ1n) is 4.48. The lowest BCUT2D eigenvalue weighted by Crippen LogP contribution is -2.27. The van der Waals surface area contributed by atoms with Gasteiger partial charge in [0, 0.05) is 19.5 Å². The van der Waals surface area contributed by atoms with Gasteiger partial charge in [-0.2, -0.15) is 0 Å². The zero-order chi connectivity index (χ0) is 9.84. The lowest BCUT2D eigenvalue weighted by atomic mass is 10.2. The van der Waals surface area contributed by atoms with Crippen LogP contribution in [-0.4, -0.2) is 37.0 Å². The van der Waals surface area contributed by atoms with E-state index in [0.717, 1.165) is 6.54 Å². The molecule has 0 aromatic rings. The average Bonchev–Trinajstić information content (AvgIpc) is 2.41. The second kappa shape index (κ2) is 4.25. The van der Waals surface area contributed by atoms with Crippen molar-refractivity contribution in [3.8, 4) is 0 Å². The third-order valence-electron chi connectivity index (χ3n) is 2.22. The van der Waals surface area contributed by atoms with E-state index in [1.807, 2.05) is 6.92 Å². The number of hydrogen-bond acceptors (Lipinski definition) is 3. The van der Waals surface area contributed by atoms with Crippen LogP contribution in [0.5, 0.6) is 0 Å². The molecule has 1 unspecified atom stereocenters. The van der Waals surface area contributed by atoms with Crippen molar-refractivity contribution >= 4 is 11.9 Å². The van der Waals surface area contributed by atoms with E-state index in [-0.39, 0.29) is 11.9 Å². The maximum Gasteiger partial charge on any atom is 0.307 e. The van der Waals surface area contributed by atoms with Crippen LogP contribution in [0.15, 0.2) is 0 Å². The van der Waals surface area contributed by atoms with Crippen LogP contribution < -0.4 is 0 Å². The number of carbonyl (C=O) groups excluding carboxylic acids is 2. The number of methoxy groups -OCH3 is 1. The fraction of sp³-hybridized carbons (Fsp3) is 0.778. The minimum atomic E-state index is -0.257. The summed E-state index contributed by atoms with van der Waals surface area (Å²) in [4.78, 5) is 23.8. The second-order valence-electron chi connectivity index (χ2n) is 3.48. The summed E-state index contributed by atoms with van der Waals surface area (Å²) in [5.74, 6) is 0.314. The number of hydrogen-bond donors (Lipinski definition) is 0. The number of esters is 1. The minimum absolute atomic E-state index is 0.149. The Morgan fingerprint density at radius 3 is 2.85 bits per heavy atom. The van der Waals surface area contributed by atoms with E-state index in [4.69, 9.17) is 0 Å². The van der Waals surface area contributed by atoms with Gasteiger partial charge in [0.15, 0.2) is 0 Å². The highest BCUT2D eigenvalue weighted by Gasteiger charge is 2.26. The molecule has 1 atom stereocenters. The van der Waals surface area contributed by atoms with Gasteiger partial charge in [0.05, 0.1) is 13.5 Å². The summed E-state index contributed by atoms with van der Waals surface area (Å²) >= 11 is 0. The van der Waals surface area contributed by atoms with E-state index in [0.29, 0.717) is 25.3 Å². The molecule has 0 saturated carbocycles. The van der Waals surface area contributed by atoms with E-state index in [2.05, 4.69) is 4.74 Å². The third-order valence-corrected chi connectivity index (χ3v) is 2.22. The molecule has 1 saturated heterocycles. The molecule has 0 radical (unpaired) electrons. The predicted molar refractivity (Wildman–Crippen MR) is 47.0 cm³/mol. The summed E-state index contributed by atoms with van der Waals surface area (Å²) in [6.07, 6.45) is 0.913. The van der Waals surface area contributed by atoms with Crippen molar-refractivity contribution in [2.24, 2.45) is 5.92 Å². The lowest BCUT2D eigenvalue weighted by Gasteiger charge is -2.14. The Morgan fingerprint density at radius 1 is 1.69 bits per heavy atom. The molecule has 74 valence electrons. The summed E-state index contributed by atoms with van der Waals surface area (Å²) in [6, 6.07) is 0. The predicted octanol–water partition coefficient (Wildman–Crippen LogP) is 0.418. The van der Waals surface area contributed by atoms with E-state index >= 15 is 0 Å². The lowest BCUT2D eigenvalue weighted by molar-refractivity contribution is -0.141. The van der Waals surface area contributed by atoms with Crippen molar-refractivity contribution < 1.29 is 14.3 Å². The van der Waals surface area contributed by atoms with Crippen molar-refractivity contribution in [1.82, 2.24) is 4.90 Å². The first-order chi connectivity index (χ1) is 6.13. The SMILES string of the molecule is COC(=O)CCN1CC(C)CC1=O. The van der Waals surface area contributed by atoms with Crippen LogP contribution in [0.3, 0.4) is 0 Å². The van der Waals surface area contributed by atoms with Gasteiger partial charge in [0.25, 0.3) is 0 Å². The molecule has 4 nitrogen and oxygen atoms in total. The van der Waals surface area contributed by atoms with Crippen LogP contribution >= 0.6 is 0 Å². The molecule has 0 bridgehead atoms. The Labute approximate surface area is 77.8 Å². The Morgan fingerprint density at radius 2 is 2.38 bits per heavy atom. The maximum absolute atomic E-state index is 11.3. The Kier molecular flexibility index (Phi) is 3.28. The Hall–Kier alpha value is -1.06. The fourth-order valence-corrected chi connectivity index (χ4v) is 1.51. The van der Waals surface area contributed by atoms with Crippen LogP contribution in [-0.2, 0) is 14.3 Å². The van der Waals surface area contributed by atoms with Crippen molar-refractivity contribution in [3.05, 3.63) is 0 Å². The molecule has 0 N–H and O–H groups in total. The first-order valence-corrected chi connectivity index (χ1v) is 4.48. The van der Waals surface area contributed by atoms with Crippen molar-refractivity contribution in [2.45, 2.75) is 19.8 Å². The van der Waals surface area contributed by atoms with Crippen molar-refractivity contribution in [1.29, 1.82) is 0 Å². The highest BCUT2D eigenvalue weighted by atomic mass is 16.5. The molecular formula is C9H15NO3. The van der Waals surface area contributed by atoms with Crippen LogP contribution in [0.25, 0.3) is 0 Å². The van der Waals surface area contributed by atoms with Gasteiger partial charge in [-0.25, -0.2) is 0 Å². The molecule has 1 fully saturated rings. The van der Waals surface area contributed by atoms with Gasteiger partial charge >= 0.3 is 5.97 Å². The van der Waals surface area contributed by atoms with Crippen LogP contribution in [0.4, 0.5) is 0 Å². The average molecular weight is 185 g/mol. The van der Waals surface area contributed by atoms with Gasteiger partial charge in [-0.3, -0.25) is 9.59 Å². The number of likely N-dealkylation sites (tertiary alicyclic amines) is 1. The Balaban J connectivity index is 2.29. The van der Waals surface area contributed by atoms with Crippen LogP contribution in [0, 0.1) is 5.92 Å². The standard InChI is InChI=1S/C9H15NO3/c1-7-5-8(11)10(6-7)4-3-9(12)13-2/h7H,3-6H2,1-2H3. The molecule has 4 heteroatoms. The van der Waals surface area contributed by atoms with Gasteiger partial charge in [-0.05, 0) is 5.92 Å². The molecule has 0 spiro atoms. The molecule has 1 aliphatic rings. The van der Waals surface area contributed by atoms with Gasteiger partial charge in [0.2, 0.25) is 5.91 Å². The molecule has 0 aromatic heterocycles. The van der Waals surface area contributed by atoms with Crippen LogP contribution in [0.2, 0.25) is 0 Å². The van der Waals surface area contributed by atoms with Crippen molar-refractivity contribution in [2.75, 3.05) is 20.2 Å². The van der Waals surface area contributed by atoms with E-state index in [1.165, 1.54) is 7.11 Å². The fourth-order valence-electron chi connectivity index (χ4n) is 1.51. The van der Waals surface area contributed by atoms with Gasteiger partial charge < -0.3 is 9.64 Å². The second-order valence-corrected chi connectivity index (χ2v) is 3.48. The minimum Gasteiger partial charge on any atom is -0.469 e. The number of amides is 1. The number of nitrogens with zero attached hydrogens (tertiary/aromatic N) is 1. The van der Waals surface area contributed by atoms with Gasteiger partial charge in [-0.15, -0.1) is 0 Å². The van der Waals surface area contributed by atoms with Gasteiger partial charge in [-0.1, -0.05) is 6.92 Å². The highest BCUT2D eigenvalue weighted by Crippen LogP contribution is 2.16. The zero-order valence-corrected chi connectivity index (χ0v) is 8.08. The largest absolute Gasteiger partial charge is 0.469 e. The highest BCUT2D eigenvalue weighted by molar-refractivity contribution is 5.79. The summed E-state index contributed by atoms with van der Waals surface area (Å²) in [5.41, 5.74) is 0. The van der Waals surface area contributed by atoms with Gasteiger partial charge in [0.1, 0.15) is 0 Å². The number of rotatable bonds is 3. The number of carbonyl (C=O) groups is 2. The summed E-state index contributed by atoms with van der Waals surface area (Å²) in [6.45, 7) is 3.31. The van der Waals surface area contributed by atoms with Crippen molar-refractivity contribution in [3.63, 3.8) is 0 Å². The first kappa shape index (κ1) is 10.0. The van der Waals surface area contributed by atoms with E-state index in [1.54, 1.807) is 4.90 Å². The zero-order valence-electron chi connectivity index (χ0n) is 8.08. The quantitative estimate of drug-likeness (QED) is 0.598. The topological polar surface area (TPSA) is 46.6 Å². The third kappa shape index (κ3) is 2.72.